The minimum atomic E-state index is -0.884. The highest BCUT2D eigenvalue weighted by molar-refractivity contribution is 7.07. The van der Waals surface area contributed by atoms with Gasteiger partial charge in [-0.25, -0.2) is 4.79 Å². The Hall–Kier alpha value is -3.77. The van der Waals surface area contributed by atoms with E-state index < -0.39 is 23.6 Å². The Morgan fingerprint density at radius 3 is 2.67 bits per heavy atom. The Morgan fingerprint density at radius 1 is 1.33 bits per heavy atom. The highest BCUT2D eigenvalue weighted by atomic mass is 32.1. The lowest BCUT2D eigenvalue weighted by Gasteiger charge is -2.23. The second-order valence-electron chi connectivity index (χ2n) is 6.80. The van der Waals surface area contributed by atoms with Crippen molar-refractivity contribution in [3.8, 4) is 6.07 Å². The molecule has 2 N–H and O–H groups in total. The molecule has 4 heterocycles. The van der Waals surface area contributed by atoms with Gasteiger partial charge in [0, 0.05) is 6.08 Å². The molecule has 1 aliphatic rings. The molecule has 9 heteroatoms. The standard InChI is InChI=1S/C21H17N3O5S/c1-11(2)29-21(26)17-16(14-6-4-8-28-14)13(10-22)18(23)24-19(25)15(30-20(17)24)9-12-5-3-7-27-12/h3-9,11,16H,23H2,1-2H3. The summed E-state index contributed by atoms with van der Waals surface area (Å²) in [4.78, 5) is 26.2. The van der Waals surface area contributed by atoms with Crippen molar-refractivity contribution in [2.45, 2.75) is 25.9 Å². The first-order chi connectivity index (χ1) is 14.4. The van der Waals surface area contributed by atoms with E-state index in [1.54, 1.807) is 44.2 Å². The number of carbonyl (C=O) groups is 1. The molecule has 1 aliphatic heterocycles. The average Bonchev–Trinajstić information content (AvgIpc) is 3.44. The molecule has 0 fully saturated rings. The van der Waals surface area contributed by atoms with E-state index in [2.05, 4.69) is 0 Å². The molecule has 0 bridgehead atoms. The predicted octanol–water partition coefficient (Wildman–Crippen LogP) is 1.48. The van der Waals surface area contributed by atoms with Crippen molar-refractivity contribution >= 4 is 34.8 Å². The Labute approximate surface area is 174 Å². The fraction of sp³-hybridized carbons (Fsp3) is 0.190. The van der Waals surface area contributed by atoms with Gasteiger partial charge < -0.3 is 19.3 Å². The number of nitrogens with zero attached hydrogens (tertiary/aromatic N) is 2. The summed E-state index contributed by atoms with van der Waals surface area (Å²) < 4.78 is 18.0. The third kappa shape index (κ3) is 3.17. The lowest BCUT2D eigenvalue weighted by atomic mass is 9.88. The zero-order valence-corrected chi connectivity index (χ0v) is 16.9. The summed E-state index contributed by atoms with van der Waals surface area (Å²) in [5, 5.41) is 9.81. The maximum Gasteiger partial charge on any atom is 0.338 e. The number of carbonyl (C=O) groups excluding carboxylic acids is 1. The van der Waals surface area contributed by atoms with E-state index >= 15 is 0 Å². The predicted molar refractivity (Wildman–Crippen MR) is 109 cm³/mol. The fourth-order valence-electron chi connectivity index (χ4n) is 3.26. The number of fused-ring (bicyclic) bond motifs is 1. The molecule has 0 aliphatic carbocycles. The van der Waals surface area contributed by atoms with E-state index in [0.717, 1.165) is 11.3 Å². The third-order valence-electron chi connectivity index (χ3n) is 4.48. The Morgan fingerprint density at radius 2 is 2.07 bits per heavy atom. The van der Waals surface area contributed by atoms with Gasteiger partial charge in [0.1, 0.15) is 22.0 Å². The van der Waals surface area contributed by atoms with Gasteiger partial charge in [0.15, 0.2) is 0 Å². The number of rotatable bonds is 4. The molecule has 1 atom stereocenters. The van der Waals surface area contributed by atoms with E-state index in [-0.39, 0.29) is 17.0 Å². The van der Waals surface area contributed by atoms with Crippen LogP contribution < -0.4 is 20.5 Å². The third-order valence-corrected chi connectivity index (χ3v) is 5.58. The zero-order valence-electron chi connectivity index (χ0n) is 16.1. The molecule has 0 saturated heterocycles. The van der Waals surface area contributed by atoms with Gasteiger partial charge in [0.05, 0.1) is 46.3 Å². The molecule has 1 unspecified atom stereocenters. The number of ether oxygens (including phenoxy) is 1. The van der Waals surface area contributed by atoms with E-state index in [0.29, 0.717) is 20.7 Å². The molecule has 0 saturated carbocycles. The number of allylic oxidation sites excluding steroid dienone is 1. The van der Waals surface area contributed by atoms with Gasteiger partial charge in [-0.05, 0) is 38.1 Å². The van der Waals surface area contributed by atoms with Crippen LogP contribution in [0.3, 0.4) is 0 Å². The van der Waals surface area contributed by atoms with Crippen LogP contribution in [0.15, 0.2) is 56.0 Å². The number of esters is 1. The minimum Gasteiger partial charge on any atom is -0.468 e. The van der Waals surface area contributed by atoms with Gasteiger partial charge >= 0.3 is 5.97 Å². The summed E-state index contributed by atoms with van der Waals surface area (Å²) in [6, 6.07) is 8.73. The van der Waals surface area contributed by atoms with Gasteiger partial charge in [-0.15, -0.1) is 11.3 Å². The number of nitrogens with two attached hydrogens (primary N) is 1. The molecule has 3 aromatic rings. The van der Waals surface area contributed by atoms with Gasteiger partial charge in [0.2, 0.25) is 0 Å². The smallest absolute Gasteiger partial charge is 0.338 e. The van der Waals surface area contributed by atoms with Crippen LogP contribution in [-0.2, 0) is 9.53 Å². The second kappa shape index (κ2) is 7.57. The quantitative estimate of drug-likeness (QED) is 0.630. The molecule has 8 nitrogen and oxygen atoms in total. The van der Waals surface area contributed by atoms with Crippen LogP contribution >= 0.6 is 11.3 Å². The van der Waals surface area contributed by atoms with Gasteiger partial charge in [-0.2, -0.15) is 5.26 Å². The molecule has 0 aromatic carbocycles. The van der Waals surface area contributed by atoms with Gasteiger partial charge in [-0.1, -0.05) is 0 Å². The van der Waals surface area contributed by atoms with Crippen molar-refractivity contribution in [1.82, 2.24) is 4.57 Å². The maximum absolute atomic E-state index is 13.1. The molecule has 152 valence electrons. The first-order valence-electron chi connectivity index (χ1n) is 9.08. The molecule has 0 spiro atoms. The van der Waals surface area contributed by atoms with Crippen molar-refractivity contribution in [3.05, 3.63) is 73.4 Å². The SMILES string of the molecule is CC(C)OC(=O)C1=c2sc(=Cc3ccco3)c(=O)n2C(N)=C(C#N)C1c1ccco1. The Balaban J connectivity index is 2.10. The molecule has 30 heavy (non-hydrogen) atoms. The highest BCUT2D eigenvalue weighted by Gasteiger charge is 2.38. The van der Waals surface area contributed by atoms with Crippen molar-refractivity contribution in [3.63, 3.8) is 0 Å². The van der Waals surface area contributed by atoms with Crippen molar-refractivity contribution < 1.29 is 18.4 Å². The zero-order chi connectivity index (χ0) is 21.4. The summed E-state index contributed by atoms with van der Waals surface area (Å²) >= 11 is 1.07. The van der Waals surface area contributed by atoms with Crippen LogP contribution in [0.1, 0.15) is 31.3 Å². The van der Waals surface area contributed by atoms with Gasteiger partial charge in [0.25, 0.3) is 5.56 Å². The summed E-state index contributed by atoms with van der Waals surface area (Å²) in [6.45, 7) is 3.44. The minimum absolute atomic E-state index is 0.0394. The Kier molecular flexibility index (Phi) is 4.93. The number of thiazole rings is 1. The number of nitriles is 1. The van der Waals surface area contributed by atoms with Gasteiger partial charge in [-0.3, -0.25) is 9.36 Å². The van der Waals surface area contributed by atoms with E-state index in [1.165, 1.54) is 17.1 Å². The van der Waals surface area contributed by atoms with Crippen LogP contribution in [-0.4, -0.2) is 16.6 Å². The van der Waals surface area contributed by atoms with Crippen LogP contribution in [0.5, 0.6) is 0 Å². The lowest BCUT2D eigenvalue weighted by Crippen LogP contribution is -2.40. The molecule has 3 aromatic heterocycles. The van der Waals surface area contributed by atoms with Crippen LogP contribution in [0.2, 0.25) is 0 Å². The summed E-state index contributed by atoms with van der Waals surface area (Å²) in [5.74, 6) is -0.746. The number of furan rings is 2. The Bertz CT molecular complexity index is 1350. The lowest BCUT2D eigenvalue weighted by molar-refractivity contribution is -0.140. The first kappa shape index (κ1) is 19.5. The summed E-state index contributed by atoms with van der Waals surface area (Å²) in [7, 11) is 0. The topological polar surface area (TPSA) is 124 Å². The number of aromatic nitrogens is 1. The van der Waals surface area contributed by atoms with Crippen molar-refractivity contribution in [1.29, 1.82) is 5.26 Å². The summed E-state index contributed by atoms with van der Waals surface area (Å²) in [6.07, 6.45) is 4.09. The maximum atomic E-state index is 13.1. The van der Waals surface area contributed by atoms with Crippen LogP contribution in [0, 0.1) is 11.3 Å². The monoisotopic (exact) mass is 423 g/mol. The normalized spacial score (nSPS) is 16.7. The number of hydrogen-bond acceptors (Lipinski definition) is 8. The second-order valence-corrected chi connectivity index (χ2v) is 7.83. The molecule has 4 rings (SSSR count). The van der Waals surface area contributed by atoms with Crippen LogP contribution in [0.25, 0.3) is 17.5 Å². The number of hydrogen-bond donors (Lipinski definition) is 1. The van der Waals surface area contributed by atoms with Crippen molar-refractivity contribution in [2.24, 2.45) is 5.73 Å². The largest absolute Gasteiger partial charge is 0.468 e. The van der Waals surface area contributed by atoms with E-state index in [4.69, 9.17) is 19.3 Å². The molecular weight excluding hydrogens is 406 g/mol. The van der Waals surface area contributed by atoms with Crippen LogP contribution in [0.4, 0.5) is 0 Å². The van der Waals surface area contributed by atoms with E-state index in [1.807, 2.05) is 6.07 Å². The van der Waals surface area contributed by atoms with Crippen molar-refractivity contribution in [2.75, 3.05) is 0 Å². The fourth-order valence-corrected chi connectivity index (χ4v) is 4.41. The average molecular weight is 423 g/mol. The first-order valence-corrected chi connectivity index (χ1v) is 9.89. The van der Waals surface area contributed by atoms with E-state index in [9.17, 15) is 14.9 Å². The highest BCUT2D eigenvalue weighted by Crippen LogP contribution is 2.36. The molecule has 0 amide bonds. The molecule has 0 radical (unpaired) electrons. The summed E-state index contributed by atoms with van der Waals surface area (Å²) in [5.41, 5.74) is 5.95. The molecular formula is C21H17N3O5S.